The fraction of sp³-hybridized carbons (Fsp3) is 0.538. The van der Waals surface area contributed by atoms with Crippen molar-refractivity contribution in [3.05, 3.63) is 35.9 Å². The molecule has 1 aromatic rings. The van der Waals surface area contributed by atoms with E-state index in [9.17, 15) is 0 Å². The van der Waals surface area contributed by atoms with Crippen LogP contribution in [-0.2, 0) is 16.1 Å². The van der Waals surface area contributed by atoms with Gasteiger partial charge in [0.15, 0.2) is 0 Å². The molecule has 15 heavy (non-hydrogen) atoms. The van der Waals surface area contributed by atoms with E-state index in [4.69, 9.17) is 9.47 Å². The number of fused-ring (bicyclic) bond motifs is 1. The van der Waals surface area contributed by atoms with Gasteiger partial charge in [-0.2, -0.15) is 0 Å². The lowest BCUT2D eigenvalue weighted by Crippen LogP contribution is -2.21. The SMILES string of the molecule is c1ccc(COC2CC[C@H]3O[C@H]3C2)cc1. The van der Waals surface area contributed by atoms with Crippen molar-refractivity contribution in [2.24, 2.45) is 0 Å². The van der Waals surface area contributed by atoms with Gasteiger partial charge in [0.05, 0.1) is 24.9 Å². The molecule has 0 bridgehead atoms. The summed E-state index contributed by atoms with van der Waals surface area (Å²) in [7, 11) is 0. The molecular weight excluding hydrogens is 188 g/mol. The topological polar surface area (TPSA) is 21.8 Å². The molecule has 1 aliphatic heterocycles. The molecule has 1 saturated carbocycles. The van der Waals surface area contributed by atoms with Crippen molar-refractivity contribution in [1.82, 2.24) is 0 Å². The Morgan fingerprint density at radius 2 is 2.00 bits per heavy atom. The van der Waals surface area contributed by atoms with Crippen molar-refractivity contribution in [3.8, 4) is 0 Å². The van der Waals surface area contributed by atoms with Gasteiger partial charge in [-0.1, -0.05) is 30.3 Å². The molecule has 3 atom stereocenters. The normalized spacial score (nSPS) is 33.5. The summed E-state index contributed by atoms with van der Waals surface area (Å²) in [6.45, 7) is 0.739. The molecule has 3 rings (SSSR count). The van der Waals surface area contributed by atoms with Crippen LogP contribution in [0.4, 0.5) is 0 Å². The van der Waals surface area contributed by atoms with E-state index in [1.165, 1.54) is 12.0 Å². The van der Waals surface area contributed by atoms with E-state index in [1.807, 2.05) is 6.07 Å². The minimum absolute atomic E-state index is 0.411. The van der Waals surface area contributed by atoms with Crippen molar-refractivity contribution in [3.63, 3.8) is 0 Å². The van der Waals surface area contributed by atoms with Gasteiger partial charge in [-0.25, -0.2) is 0 Å². The summed E-state index contributed by atoms with van der Waals surface area (Å²) in [5.41, 5.74) is 1.26. The number of rotatable bonds is 3. The maximum absolute atomic E-state index is 5.89. The average Bonchev–Trinajstić information content (AvgIpc) is 3.06. The van der Waals surface area contributed by atoms with Crippen LogP contribution in [0.15, 0.2) is 30.3 Å². The van der Waals surface area contributed by atoms with Crippen molar-refractivity contribution in [2.45, 2.75) is 44.2 Å². The Morgan fingerprint density at radius 3 is 2.80 bits per heavy atom. The maximum Gasteiger partial charge on any atom is 0.0866 e. The summed E-state index contributed by atoms with van der Waals surface area (Å²) in [6.07, 6.45) is 4.94. The lowest BCUT2D eigenvalue weighted by atomic mass is 9.98. The van der Waals surface area contributed by atoms with Crippen LogP contribution in [0.25, 0.3) is 0 Å². The largest absolute Gasteiger partial charge is 0.373 e. The standard InChI is InChI=1S/C13H16O2/c1-2-4-10(5-3-1)9-14-11-6-7-12-13(8-11)15-12/h1-5,11-13H,6-9H2/t11?,12-,13+/m1/s1. The second kappa shape index (κ2) is 3.95. The van der Waals surface area contributed by atoms with Gasteiger partial charge in [0.2, 0.25) is 0 Å². The second-order valence-electron chi connectivity index (χ2n) is 4.44. The minimum atomic E-state index is 0.411. The highest BCUT2D eigenvalue weighted by Gasteiger charge is 2.44. The fourth-order valence-electron chi connectivity index (χ4n) is 2.31. The van der Waals surface area contributed by atoms with Crippen molar-refractivity contribution in [2.75, 3.05) is 0 Å². The number of ether oxygens (including phenoxy) is 2. The fourth-order valence-corrected chi connectivity index (χ4v) is 2.31. The molecule has 80 valence electrons. The van der Waals surface area contributed by atoms with Gasteiger partial charge < -0.3 is 9.47 Å². The summed E-state index contributed by atoms with van der Waals surface area (Å²) in [5.74, 6) is 0. The summed E-state index contributed by atoms with van der Waals surface area (Å²) in [5, 5.41) is 0. The highest BCUT2D eigenvalue weighted by Crippen LogP contribution is 2.37. The predicted molar refractivity (Wildman–Crippen MR) is 57.5 cm³/mol. The van der Waals surface area contributed by atoms with Crippen LogP contribution in [0.3, 0.4) is 0 Å². The summed E-state index contributed by atoms with van der Waals surface area (Å²) >= 11 is 0. The number of hydrogen-bond donors (Lipinski definition) is 0. The van der Waals surface area contributed by atoms with Gasteiger partial charge in [-0.15, -0.1) is 0 Å². The molecule has 2 heteroatoms. The molecular formula is C13H16O2. The van der Waals surface area contributed by atoms with E-state index in [-0.39, 0.29) is 0 Å². The van der Waals surface area contributed by atoms with Gasteiger partial charge >= 0.3 is 0 Å². The van der Waals surface area contributed by atoms with Gasteiger partial charge in [0.25, 0.3) is 0 Å². The van der Waals surface area contributed by atoms with Crippen LogP contribution in [0.5, 0.6) is 0 Å². The first-order valence-electron chi connectivity index (χ1n) is 5.73. The van der Waals surface area contributed by atoms with E-state index >= 15 is 0 Å². The first-order chi connectivity index (χ1) is 7.42. The van der Waals surface area contributed by atoms with Gasteiger partial charge in [-0.3, -0.25) is 0 Å². The first kappa shape index (κ1) is 9.37. The molecule has 1 aliphatic carbocycles. The zero-order valence-electron chi connectivity index (χ0n) is 8.76. The highest BCUT2D eigenvalue weighted by atomic mass is 16.6. The van der Waals surface area contributed by atoms with Crippen molar-refractivity contribution in [1.29, 1.82) is 0 Å². The monoisotopic (exact) mass is 204 g/mol. The van der Waals surface area contributed by atoms with Crippen LogP contribution in [0.2, 0.25) is 0 Å². The molecule has 0 radical (unpaired) electrons. The van der Waals surface area contributed by atoms with Gasteiger partial charge in [-0.05, 0) is 18.4 Å². The van der Waals surface area contributed by atoms with E-state index < -0.39 is 0 Å². The Bertz CT molecular complexity index is 323. The van der Waals surface area contributed by atoms with Crippen LogP contribution in [0.1, 0.15) is 24.8 Å². The molecule has 0 aromatic heterocycles. The molecule has 0 amide bonds. The van der Waals surface area contributed by atoms with Crippen LogP contribution >= 0.6 is 0 Å². The first-order valence-corrected chi connectivity index (χ1v) is 5.73. The Labute approximate surface area is 90.2 Å². The Kier molecular flexibility index (Phi) is 2.47. The van der Waals surface area contributed by atoms with E-state index in [1.54, 1.807) is 0 Å². The van der Waals surface area contributed by atoms with Crippen LogP contribution in [0, 0.1) is 0 Å². The minimum Gasteiger partial charge on any atom is -0.373 e. The molecule has 2 nitrogen and oxygen atoms in total. The molecule has 0 spiro atoms. The molecule has 2 fully saturated rings. The Balaban J connectivity index is 1.49. The third-order valence-electron chi connectivity index (χ3n) is 3.28. The van der Waals surface area contributed by atoms with Gasteiger partial charge in [0, 0.05) is 6.42 Å². The van der Waals surface area contributed by atoms with Gasteiger partial charge in [0.1, 0.15) is 0 Å². The molecule has 0 N–H and O–H groups in total. The highest BCUT2D eigenvalue weighted by molar-refractivity contribution is 5.13. The average molecular weight is 204 g/mol. The molecule has 1 heterocycles. The maximum atomic E-state index is 5.89. The molecule has 1 unspecified atom stereocenters. The lowest BCUT2D eigenvalue weighted by molar-refractivity contribution is 0.0213. The van der Waals surface area contributed by atoms with E-state index in [2.05, 4.69) is 24.3 Å². The number of hydrogen-bond acceptors (Lipinski definition) is 2. The Hall–Kier alpha value is -0.860. The zero-order valence-corrected chi connectivity index (χ0v) is 8.76. The van der Waals surface area contributed by atoms with Crippen molar-refractivity contribution < 1.29 is 9.47 Å². The van der Waals surface area contributed by atoms with Crippen LogP contribution < -0.4 is 0 Å². The summed E-state index contributed by atoms with van der Waals surface area (Å²) < 4.78 is 11.4. The third kappa shape index (κ3) is 2.21. The third-order valence-corrected chi connectivity index (χ3v) is 3.28. The van der Waals surface area contributed by atoms with Crippen molar-refractivity contribution >= 4 is 0 Å². The molecule has 1 aromatic carbocycles. The number of benzene rings is 1. The van der Waals surface area contributed by atoms with E-state index in [0.29, 0.717) is 18.3 Å². The quantitative estimate of drug-likeness (QED) is 0.706. The van der Waals surface area contributed by atoms with Crippen LogP contribution in [-0.4, -0.2) is 18.3 Å². The zero-order chi connectivity index (χ0) is 10.1. The van der Waals surface area contributed by atoms with E-state index in [0.717, 1.165) is 19.4 Å². The Morgan fingerprint density at radius 1 is 1.13 bits per heavy atom. The summed E-state index contributed by atoms with van der Waals surface area (Å²) in [6, 6.07) is 10.4. The number of epoxide rings is 1. The lowest BCUT2D eigenvalue weighted by Gasteiger charge is -2.19. The predicted octanol–water partition coefficient (Wildman–Crippen LogP) is 2.52. The second-order valence-corrected chi connectivity index (χ2v) is 4.44. The smallest absolute Gasteiger partial charge is 0.0866 e. The summed E-state index contributed by atoms with van der Waals surface area (Å²) in [4.78, 5) is 0. The molecule has 1 saturated heterocycles. The molecule has 2 aliphatic rings.